The maximum Gasteiger partial charge on any atom is 0.255 e. The topological polar surface area (TPSA) is 61.5 Å². The van der Waals surface area contributed by atoms with E-state index in [9.17, 15) is 4.79 Å². The van der Waals surface area contributed by atoms with Crippen LogP contribution in [-0.2, 0) is 24.2 Å². The summed E-state index contributed by atoms with van der Waals surface area (Å²) in [6, 6.07) is 8.33. The van der Waals surface area contributed by atoms with Gasteiger partial charge in [-0.05, 0) is 38.1 Å². The number of ether oxygens (including phenoxy) is 1. The zero-order chi connectivity index (χ0) is 19.5. The van der Waals surface area contributed by atoms with E-state index in [-0.39, 0.29) is 5.56 Å². The molecular weight excluding hydrogens is 352 g/mol. The molecule has 0 aliphatic carbocycles. The van der Waals surface area contributed by atoms with E-state index in [1.807, 2.05) is 12.1 Å². The molecule has 1 unspecified atom stereocenters. The highest BCUT2D eigenvalue weighted by atomic mass is 16.5. The molecule has 1 N–H and O–H groups in total. The number of H-pyrrole nitrogens is 1. The SMILES string of the molecule is CCN1CCc2nc(-c3cccc(CN(C)CC4CCCO4)c3)[nH]c(=O)c2C1. The first-order valence-electron chi connectivity index (χ1n) is 10.4. The Morgan fingerprint density at radius 1 is 1.39 bits per heavy atom. The van der Waals surface area contributed by atoms with E-state index in [1.165, 1.54) is 12.0 Å². The zero-order valence-corrected chi connectivity index (χ0v) is 16.9. The third-order valence-corrected chi connectivity index (χ3v) is 5.79. The second-order valence-corrected chi connectivity index (χ2v) is 7.99. The highest BCUT2D eigenvalue weighted by Crippen LogP contribution is 2.21. The molecule has 1 aromatic carbocycles. The molecule has 28 heavy (non-hydrogen) atoms. The molecule has 6 nitrogen and oxygen atoms in total. The van der Waals surface area contributed by atoms with Gasteiger partial charge < -0.3 is 9.72 Å². The highest BCUT2D eigenvalue weighted by Gasteiger charge is 2.21. The third-order valence-electron chi connectivity index (χ3n) is 5.79. The van der Waals surface area contributed by atoms with Gasteiger partial charge >= 0.3 is 0 Å². The summed E-state index contributed by atoms with van der Waals surface area (Å²) in [5.41, 5.74) is 3.96. The molecule has 1 fully saturated rings. The van der Waals surface area contributed by atoms with E-state index in [1.54, 1.807) is 0 Å². The summed E-state index contributed by atoms with van der Waals surface area (Å²) >= 11 is 0. The first-order chi connectivity index (χ1) is 13.6. The standard InChI is InChI=1S/C22H30N4O2/c1-3-26-10-9-20-19(15-26)22(27)24-21(23-20)17-7-4-6-16(12-17)13-25(2)14-18-8-5-11-28-18/h4,6-7,12,18H,3,5,8-11,13-15H2,1-2H3,(H,23,24,27). The van der Waals surface area contributed by atoms with Gasteiger partial charge in [0.25, 0.3) is 5.56 Å². The second kappa shape index (κ2) is 8.55. The molecule has 0 spiro atoms. The molecule has 0 saturated carbocycles. The van der Waals surface area contributed by atoms with Gasteiger partial charge in [0.05, 0.1) is 17.4 Å². The summed E-state index contributed by atoms with van der Waals surface area (Å²) in [6.45, 7) is 7.45. The van der Waals surface area contributed by atoms with Crippen LogP contribution in [0.5, 0.6) is 0 Å². The molecule has 0 amide bonds. The summed E-state index contributed by atoms with van der Waals surface area (Å²) in [5, 5.41) is 0. The molecule has 1 saturated heterocycles. The normalized spacial score (nSPS) is 19.9. The van der Waals surface area contributed by atoms with Crippen molar-refractivity contribution in [3.63, 3.8) is 0 Å². The lowest BCUT2D eigenvalue weighted by molar-refractivity contribution is 0.0793. The van der Waals surface area contributed by atoms with Crippen LogP contribution in [0.1, 0.15) is 36.6 Å². The number of aromatic nitrogens is 2. The van der Waals surface area contributed by atoms with Gasteiger partial charge in [-0.25, -0.2) is 4.98 Å². The molecule has 150 valence electrons. The van der Waals surface area contributed by atoms with Crippen molar-refractivity contribution in [2.24, 2.45) is 0 Å². The van der Waals surface area contributed by atoms with Crippen LogP contribution in [0.3, 0.4) is 0 Å². The Kier molecular flexibility index (Phi) is 5.90. The van der Waals surface area contributed by atoms with Gasteiger partial charge in [0.2, 0.25) is 0 Å². The Hall–Kier alpha value is -2.02. The van der Waals surface area contributed by atoms with Crippen molar-refractivity contribution in [2.45, 2.75) is 45.4 Å². The monoisotopic (exact) mass is 382 g/mol. The Balaban J connectivity index is 1.51. The predicted molar refractivity (Wildman–Crippen MR) is 110 cm³/mol. The number of nitrogens with zero attached hydrogens (tertiary/aromatic N) is 3. The smallest absolute Gasteiger partial charge is 0.255 e. The van der Waals surface area contributed by atoms with Gasteiger partial charge in [-0.2, -0.15) is 0 Å². The summed E-state index contributed by atoms with van der Waals surface area (Å²) in [5.74, 6) is 0.678. The van der Waals surface area contributed by atoms with Crippen LogP contribution in [0.25, 0.3) is 11.4 Å². The van der Waals surface area contributed by atoms with Crippen molar-refractivity contribution in [2.75, 3.05) is 33.3 Å². The Labute approximate surface area is 166 Å². The van der Waals surface area contributed by atoms with Gasteiger partial charge in [0.15, 0.2) is 0 Å². The van der Waals surface area contributed by atoms with Gasteiger partial charge in [-0.3, -0.25) is 14.6 Å². The summed E-state index contributed by atoms with van der Waals surface area (Å²) in [4.78, 5) is 25.0. The molecule has 2 aliphatic rings. The van der Waals surface area contributed by atoms with Gasteiger partial charge in [0, 0.05) is 44.8 Å². The van der Waals surface area contributed by atoms with Gasteiger partial charge in [-0.15, -0.1) is 0 Å². The number of fused-ring (bicyclic) bond motifs is 1. The fourth-order valence-corrected chi connectivity index (χ4v) is 4.22. The van der Waals surface area contributed by atoms with E-state index in [2.05, 4.69) is 40.9 Å². The number of aromatic amines is 1. The average molecular weight is 383 g/mol. The van der Waals surface area contributed by atoms with Crippen LogP contribution < -0.4 is 5.56 Å². The molecule has 4 rings (SSSR count). The maximum absolute atomic E-state index is 12.6. The van der Waals surface area contributed by atoms with Gasteiger partial charge in [0.1, 0.15) is 5.82 Å². The number of likely N-dealkylation sites (N-methyl/N-ethyl adjacent to an activating group) is 2. The van der Waals surface area contributed by atoms with Crippen LogP contribution in [0, 0.1) is 0 Å². The lowest BCUT2D eigenvalue weighted by atomic mass is 10.1. The molecule has 1 aromatic heterocycles. The Morgan fingerprint density at radius 2 is 2.29 bits per heavy atom. The average Bonchev–Trinajstić information content (AvgIpc) is 3.20. The lowest BCUT2D eigenvalue weighted by Crippen LogP contribution is -2.35. The number of hydrogen-bond acceptors (Lipinski definition) is 5. The fraction of sp³-hybridized carbons (Fsp3) is 0.545. The first kappa shape index (κ1) is 19.3. The summed E-state index contributed by atoms with van der Waals surface area (Å²) in [7, 11) is 2.13. The minimum absolute atomic E-state index is 0.000877. The van der Waals surface area contributed by atoms with E-state index in [4.69, 9.17) is 9.72 Å². The van der Waals surface area contributed by atoms with E-state index in [0.29, 0.717) is 18.5 Å². The van der Waals surface area contributed by atoms with Crippen molar-refractivity contribution in [1.29, 1.82) is 0 Å². The lowest BCUT2D eigenvalue weighted by Gasteiger charge is -2.26. The van der Waals surface area contributed by atoms with Crippen LogP contribution in [-0.4, -0.2) is 59.2 Å². The van der Waals surface area contributed by atoms with Crippen molar-refractivity contribution in [1.82, 2.24) is 19.8 Å². The largest absolute Gasteiger partial charge is 0.377 e. The highest BCUT2D eigenvalue weighted by molar-refractivity contribution is 5.56. The van der Waals surface area contributed by atoms with Crippen LogP contribution >= 0.6 is 0 Å². The molecule has 6 heteroatoms. The van der Waals surface area contributed by atoms with Crippen LogP contribution in [0.2, 0.25) is 0 Å². The predicted octanol–water partition coefficient (Wildman–Crippen LogP) is 2.43. The van der Waals surface area contributed by atoms with Crippen molar-refractivity contribution < 1.29 is 4.74 Å². The Bertz CT molecular complexity index is 873. The van der Waals surface area contributed by atoms with Crippen molar-refractivity contribution in [3.8, 4) is 11.4 Å². The minimum Gasteiger partial charge on any atom is -0.377 e. The Morgan fingerprint density at radius 3 is 3.07 bits per heavy atom. The van der Waals surface area contributed by atoms with E-state index >= 15 is 0 Å². The maximum atomic E-state index is 12.6. The van der Waals surface area contributed by atoms with E-state index < -0.39 is 0 Å². The molecule has 0 radical (unpaired) electrons. The molecule has 3 heterocycles. The van der Waals surface area contributed by atoms with E-state index in [0.717, 1.165) is 62.4 Å². The van der Waals surface area contributed by atoms with Crippen molar-refractivity contribution >= 4 is 0 Å². The number of hydrogen-bond donors (Lipinski definition) is 1. The molecule has 0 bridgehead atoms. The quantitative estimate of drug-likeness (QED) is 0.831. The molecule has 1 atom stereocenters. The summed E-state index contributed by atoms with van der Waals surface area (Å²) in [6.07, 6.45) is 3.51. The molecular formula is C22H30N4O2. The fourth-order valence-electron chi connectivity index (χ4n) is 4.22. The zero-order valence-electron chi connectivity index (χ0n) is 16.9. The molecule has 2 aliphatic heterocycles. The van der Waals surface area contributed by atoms with Crippen LogP contribution in [0.4, 0.5) is 0 Å². The van der Waals surface area contributed by atoms with Crippen molar-refractivity contribution in [3.05, 3.63) is 51.4 Å². The first-order valence-corrected chi connectivity index (χ1v) is 10.4. The number of rotatable bonds is 6. The molecule has 2 aromatic rings. The number of nitrogens with one attached hydrogen (secondary N) is 1. The third kappa shape index (κ3) is 4.35. The number of benzene rings is 1. The second-order valence-electron chi connectivity index (χ2n) is 7.99. The minimum atomic E-state index is -0.000877. The van der Waals surface area contributed by atoms with Crippen LogP contribution in [0.15, 0.2) is 29.1 Å². The summed E-state index contributed by atoms with van der Waals surface area (Å²) < 4.78 is 5.74. The van der Waals surface area contributed by atoms with Gasteiger partial charge in [-0.1, -0.05) is 25.1 Å².